The van der Waals surface area contributed by atoms with Crippen LogP contribution < -0.4 is 0 Å². The van der Waals surface area contributed by atoms with Gasteiger partial charge in [0, 0.05) is 6.42 Å². The van der Waals surface area contributed by atoms with Gasteiger partial charge in [-0.1, -0.05) is 41.5 Å². The maximum Gasteiger partial charge on any atom is 0.192 e. The number of rotatable bonds is 9. The Kier molecular flexibility index (Phi) is 7.84. The van der Waals surface area contributed by atoms with E-state index in [1.54, 1.807) is 0 Å². The second-order valence-corrected chi connectivity index (χ2v) is 22.3. The first kappa shape index (κ1) is 26.5. The second-order valence-electron chi connectivity index (χ2n) is 12.7. The van der Waals surface area contributed by atoms with E-state index in [1.807, 2.05) is 0 Å². The van der Waals surface area contributed by atoms with Gasteiger partial charge in [0.1, 0.15) is 12.2 Å². The molecule has 0 aromatic heterocycles. The topological polar surface area (TPSA) is 57.2 Å². The monoisotopic (exact) mass is 460 g/mol. The van der Waals surface area contributed by atoms with Crippen LogP contribution in [0.2, 0.25) is 36.3 Å². The van der Waals surface area contributed by atoms with Crippen molar-refractivity contribution in [1.29, 1.82) is 0 Å². The van der Waals surface area contributed by atoms with Crippen molar-refractivity contribution < 1.29 is 23.4 Å². The van der Waals surface area contributed by atoms with Crippen molar-refractivity contribution in [2.24, 2.45) is 0 Å². The molecular weight excluding hydrogens is 412 g/mol. The van der Waals surface area contributed by atoms with E-state index in [0.29, 0.717) is 6.61 Å². The first-order valence-electron chi connectivity index (χ1n) is 11.7. The average molecular weight is 461 g/mol. The van der Waals surface area contributed by atoms with Gasteiger partial charge in [-0.2, -0.15) is 0 Å². The zero-order chi connectivity index (χ0) is 23.2. The van der Waals surface area contributed by atoms with E-state index >= 15 is 0 Å². The molecule has 1 N–H and O–H groups in total. The largest absolute Gasteiger partial charge is 0.414 e. The van der Waals surface area contributed by atoms with E-state index < -0.39 is 16.6 Å². The minimum Gasteiger partial charge on any atom is -0.414 e. The highest BCUT2D eigenvalue weighted by molar-refractivity contribution is 6.74. The van der Waals surface area contributed by atoms with Crippen LogP contribution in [0, 0.1) is 0 Å². The van der Waals surface area contributed by atoms with Crippen LogP contribution in [0.5, 0.6) is 0 Å². The van der Waals surface area contributed by atoms with Gasteiger partial charge in [0.25, 0.3) is 0 Å². The fraction of sp³-hybridized carbons (Fsp3) is 1.00. The van der Waals surface area contributed by atoms with Crippen LogP contribution in [-0.4, -0.2) is 65.0 Å². The Morgan fingerprint density at radius 2 is 1.53 bits per heavy atom. The molecule has 0 amide bonds. The van der Waals surface area contributed by atoms with Gasteiger partial charge in [0.15, 0.2) is 16.6 Å². The third-order valence-corrected chi connectivity index (χ3v) is 16.9. The predicted octanol–water partition coefficient (Wildman–Crippen LogP) is 5.49. The van der Waals surface area contributed by atoms with E-state index in [9.17, 15) is 5.11 Å². The van der Waals surface area contributed by atoms with Gasteiger partial charge in [-0.05, 0) is 56.0 Å². The van der Waals surface area contributed by atoms with E-state index in [4.69, 9.17) is 18.3 Å². The lowest BCUT2D eigenvalue weighted by atomic mass is 10.1. The van der Waals surface area contributed by atoms with Gasteiger partial charge in [-0.3, -0.25) is 0 Å². The molecule has 2 aliphatic rings. The molecule has 1 aliphatic carbocycles. The molecule has 0 spiro atoms. The average Bonchev–Trinajstić information content (AvgIpc) is 3.16. The van der Waals surface area contributed by atoms with Crippen molar-refractivity contribution >= 4 is 16.6 Å². The zero-order valence-corrected chi connectivity index (χ0v) is 23.4. The van der Waals surface area contributed by atoms with Gasteiger partial charge < -0.3 is 23.4 Å². The molecule has 4 atom stereocenters. The summed E-state index contributed by atoms with van der Waals surface area (Å²) in [4.78, 5) is 0. The number of aliphatic hydroxyl groups excluding tert-OH is 1. The van der Waals surface area contributed by atoms with Crippen LogP contribution in [-0.2, 0) is 18.3 Å². The lowest BCUT2D eigenvalue weighted by Crippen LogP contribution is -2.48. The lowest BCUT2D eigenvalue weighted by molar-refractivity contribution is -0.125. The van der Waals surface area contributed by atoms with Crippen molar-refractivity contribution in [3.05, 3.63) is 0 Å². The van der Waals surface area contributed by atoms with Crippen LogP contribution >= 0.6 is 0 Å². The van der Waals surface area contributed by atoms with Crippen LogP contribution in [0.25, 0.3) is 0 Å². The Morgan fingerprint density at radius 3 is 1.97 bits per heavy atom. The molecule has 30 heavy (non-hydrogen) atoms. The normalized spacial score (nSPS) is 28.6. The Bertz CT molecular complexity index is 575. The minimum atomic E-state index is -1.96. The van der Waals surface area contributed by atoms with E-state index in [-0.39, 0.29) is 46.7 Å². The molecule has 2 fully saturated rings. The molecule has 1 heterocycles. The highest BCUT2D eigenvalue weighted by Gasteiger charge is 2.49. The zero-order valence-electron chi connectivity index (χ0n) is 21.4. The van der Waals surface area contributed by atoms with Crippen molar-refractivity contribution in [3.8, 4) is 0 Å². The summed E-state index contributed by atoms with van der Waals surface area (Å²) in [6, 6.07) is 0. The SMILES string of the molecule is CC1(O[C@@H](CO)[C@H]2C[C@H](O[Si](C)(C)C(C)(C)C)[C@@H](CO[Si](C)(C)C(C)(C)C)O2)CC1. The fourth-order valence-corrected chi connectivity index (χ4v) is 5.58. The summed E-state index contributed by atoms with van der Waals surface area (Å²) < 4.78 is 26.0. The molecule has 0 unspecified atom stereocenters. The van der Waals surface area contributed by atoms with Gasteiger partial charge in [0.2, 0.25) is 0 Å². The third kappa shape index (κ3) is 6.39. The summed E-state index contributed by atoms with van der Waals surface area (Å²) in [7, 11) is -3.85. The first-order valence-corrected chi connectivity index (χ1v) is 17.5. The Balaban J connectivity index is 2.15. The third-order valence-electron chi connectivity index (χ3n) is 7.88. The number of aliphatic hydroxyl groups is 1. The van der Waals surface area contributed by atoms with Crippen LogP contribution in [0.1, 0.15) is 67.7 Å². The molecule has 0 bridgehead atoms. The molecule has 2 rings (SSSR count). The highest BCUT2D eigenvalue weighted by Crippen LogP contribution is 2.44. The summed E-state index contributed by atoms with van der Waals surface area (Å²) in [5, 5.41) is 10.3. The predicted molar refractivity (Wildman–Crippen MR) is 128 cm³/mol. The molecule has 178 valence electrons. The van der Waals surface area contributed by atoms with Crippen molar-refractivity contribution in [3.63, 3.8) is 0 Å². The number of ether oxygens (including phenoxy) is 2. The first-order chi connectivity index (χ1) is 13.4. The van der Waals surface area contributed by atoms with Crippen molar-refractivity contribution in [1.82, 2.24) is 0 Å². The van der Waals surface area contributed by atoms with Crippen LogP contribution in [0.15, 0.2) is 0 Å². The molecule has 5 nitrogen and oxygen atoms in total. The summed E-state index contributed by atoms with van der Waals surface area (Å²) in [6.45, 7) is 25.3. The van der Waals surface area contributed by atoms with Gasteiger partial charge in [-0.15, -0.1) is 0 Å². The maximum absolute atomic E-state index is 10.0. The lowest BCUT2D eigenvalue weighted by Gasteiger charge is -2.40. The van der Waals surface area contributed by atoms with E-state index in [1.165, 1.54) is 0 Å². The maximum atomic E-state index is 10.0. The van der Waals surface area contributed by atoms with Crippen LogP contribution in [0.4, 0.5) is 0 Å². The number of hydrogen-bond donors (Lipinski definition) is 1. The molecular formula is C23H48O5Si2. The van der Waals surface area contributed by atoms with Crippen molar-refractivity contribution in [2.45, 2.75) is 134 Å². The van der Waals surface area contributed by atoms with E-state index in [2.05, 4.69) is 74.7 Å². The quantitative estimate of drug-likeness (QED) is 0.461. The summed E-state index contributed by atoms with van der Waals surface area (Å²) in [5.41, 5.74) is -0.0950. The Morgan fingerprint density at radius 1 is 1.00 bits per heavy atom. The Labute approximate surface area is 187 Å². The van der Waals surface area contributed by atoms with Gasteiger partial charge in [-0.25, -0.2) is 0 Å². The summed E-state index contributed by atoms with van der Waals surface area (Å²) in [5.74, 6) is 0. The summed E-state index contributed by atoms with van der Waals surface area (Å²) in [6.07, 6.45) is 2.25. The molecule has 0 aromatic rings. The van der Waals surface area contributed by atoms with Gasteiger partial charge in [0.05, 0.1) is 31.0 Å². The fourth-order valence-electron chi connectivity index (χ4n) is 3.21. The smallest absolute Gasteiger partial charge is 0.192 e. The highest BCUT2D eigenvalue weighted by atomic mass is 28.4. The van der Waals surface area contributed by atoms with E-state index in [0.717, 1.165) is 19.3 Å². The summed E-state index contributed by atoms with van der Waals surface area (Å²) >= 11 is 0. The molecule has 1 saturated carbocycles. The molecule has 0 radical (unpaired) electrons. The molecule has 1 aliphatic heterocycles. The molecule has 0 aromatic carbocycles. The standard InChI is InChI=1S/C23H48O5Si2/c1-21(2,3)29(8,9)25-16-20-18(28-30(10,11)22(4,5)6)14-17(26-20)19(15-24)27-23(7)12-13-23/h17-20,24H,12-16H2,1-11H3/t17-,18+,19+,20-/m1/s1. The Hall–Kier alpha value is 0.234. The second kappa shape index (κ2) is 8.88. The molecule has 1 saturated heterocycles. The minimum absolute atomic E-state index is 0.0229. The van der Waals surface area contributed by atoms with Crippen molar-refractivity contribution in [2.75, 3.05) is 13.2 Å². The molecule has 7 heteroatoms. The van der Waals surface area contributed by atoms with Gasteiger partial charge >= 0.3 is 0 Å². The van der Waals surface area contributed by atoms with Crippen LogP contribution in [0.3, 0.4) is 0 Å². The number of hydrogen-bond acceptors (Lipinski definition) is 5.